The van der Waals surface area contributed by atoms with Crippen LogP contribution in [-0.4, -0.2) is 27.0 Å². The Kier molecular flexibility index (Phi) is 3.29. The smallest absolute Gasteiger partial charge is 0.337 e. The third-order valence-electron chi connectivity index (χ3n) is 2.19. The molecule has 2 aromatic rings. The molecule has 6 nitrogen and oxygen atoms in total. The van der Waals surface area contributed by atoms with Gasteiger partial charge in [0.1, 0.15) is 0 Å². The van der Waals surface area contributed by atoms with Crippen LogP contribution in [0.25, 0.3) is 0 Å². The summed E-state index contributed by atoms with van der Waals surface area (Å²) >= 11 is 0. The van der Waals surface area contributed by atoms with Crippen molar-refractivity contribution in [1.82, 2.24) is 9.97 Å². The highest BCUT2D eigenvalue weighted by Gasteiger charge is 2.10. The zero-order valence-corrected chi connectivity index (χ0v) is 9.20. The molecule has 0 radical (unpaired) electrons. The van der Waals surface area contributed by atoms with E-state index in [1.165, 1.54) is 18.5 Å². The van der Waals surface area contributed by atoms with Gasteiger partial charge in [-0.3, -0.25) is 14.8 Å². The number of pyridine rings is 2. The first-order chi connectivity index (χ1) is 8.66. The average Bonchev–Trinajstić information content (AvgIpc) is 2.40. The SMILES string of the molecule is O=C(O)c1cncc(C(=O)Nc2ccncc2)c1. The second-order valence-corrected chi connectivity index (χ2v) is 3.46. The van der Waals surface area contributed by atoms with Gasteiger partial charge in [-0.2, -0.15) is 0 Å². The maximum absolute atomic E-state index is 11.8. The standard InChI is InChI=1S/C12H9N3O3/c16-11(15-10-1-3-13-4-2-10)8-5-9(12(17)18)7-14-6-8/h1-7H,(H,17,18)(H,13,15,16). The van der Waals surface area contributed by atoms with Gasteiger partial charge in [-0.05, 0) is 18.2 Å². The normalized spacial score (nSPS) is 9.78. The molecule has 90 valence electrons. The predicted molar refractivity (Wildman–Crippen MR) is 63.4 cm³/mol. The third-order valence-corrected chi connectivity index (χ3v) is 2.19. The Morgan fingerprint density at radius 2 is 1.72 bits per heavy atom. The van der Waals surface area contributed by atoms with Gasteiger partial charge in [0.05, 0.1) is 11.1 Å². The molecule has 18 heavy (non-hydrogen) atoms. The topological polar surface area (TPSA) is 92.2 Å². The van der Waals surface area contributed by atoms with E-state index in [0.29, 0.717) is 5.69 Å². The number of nitrogens with zero attached hydrogens (tertiary/aromatic N) is 2. The van der Waals surface area contributed by atoms with Crippen LogP contribution >= 0.6 is 0 Å². The fourth-order valence-electron chi connectivity index (χ4n) is 1.32. The maximum Gasteiger partial charge on any atom is 0.337 e. The molecule has 2 heterocycles. The van der Waals surface area contributed by atoms with Gasteiger partial charge in [0.15, 0.2) is 0 Å². The Hall–Kier alpha value is -2.76. The number of carbonyl (C=O) groups is 2. The molecule has 1 amide bonds. The minimum atomic E-state index is -1.12. The highest BCUT2D eigenvalue weighted by atomic mass is 16.4. The molecule has 0 aromatic carbocycles. The molecule has 0 bridgehead atoms. The number of aromatic carboxylic acids is 1. The highest BCUT2D eigenvalue weighted by Crippen LogP contribution is 2.08. The quantitative estimate of drug-likeness (QED) is 0.850. The Bertz CT molecular complexity index is 584. The first-order valence-corrected chi connectivity index (χ1v) is 5.06. The van der Waals surface area contributed by atoms with E-state index < -0.39 is 11.9 Å². The summed E-state index contributed by atoms with van der Waals surface area (Å²) in [6.07, 6.45) is 5.58. The second kappa shape index (κ2) is 5.05. The van der Waals surface area contributed by atoms with E-state index in [4.69, 9.17) is 5.11 Å². The fourth-order valence-corrected chi connectivity index (χ4v) is 1.32. The molecule has 0 spiro atoms. The van der Waals surface area contributed by atoms with Crippen molar-refractivity contribution in [2.24, 2.45) is 0 Å². The molecular formula is C12H9N3O3. The first-order valence-electron chi connectivity index (χ1n) is 5.06. The number of amides is 1. The molecular weight excluding hydrogens is 234 g/mol. The van der Waals surface area contributed by atoms with E-state index in [2.05, 4.69) is 15.3 Å². The Morgan fingerprint density at radius 3 is 2.39 bits per heavy atom. The van der Waals surface area contributed by atoms with Crippen LogP contribution in [0.3, 0.4) is 0 Å². The van der Waals surface area contributed by atoms with Crippen LogP contribution in [0.5, 0.6) is 0 Å². The summed E-state index contributed by atoms with van der Waals surface area (Å²) < 4.78 is 0. The molecule has 0 fully saturated rings. The largest absolute Gasteiger partial charge is 0.478 e. The number of nitrogens with one attached hydrogen (secondary N) is 1. The summed E-state index contributed by atoms with van der Waals surface area (Å²) in [7, 11) is 0. The minimum Gasteiger partial charge on any atom is -0.478 e. The number of aromatic nitrogens is 2. The molecule has 0 saturated carbocycles. The summed E-state index contributed by atoms with van der Waals surface area (Å²) in [6, 6.07) is 4.53. The summed E-state index contributed by atoms with van der Waals surface area (Å²) in [5.74, 6) is -1.54. The van der Waals surface area contributed by atoms with E-state index in [9.17, 15) is 9.59 Å². The van der Waals surface area contributed by atoms with Crippen molar-refractivity contribution in [3.05, 3.63) is 54.1 Å². The lowest BCUT2D eigenvalue weighted by Crippen LogP contribution is -2.13. The van der Waals surface area contributed by atoms with Gasteiger partial charge in [-0.15, -0.1) is 0 Å². The van der Waals surface area contributed by atoms with E-state index in [0.717, 1.165) is 0 Å². The van der Waals surface area contributed by atoms with Gasteiger partial charge in [0, 0.05) is 30.5 Å². The summed E-state index contributed by atoms with van der Waals surface area (Å²) in [5, 5.41) is 11.4. The first kappa shape index (κ1) is 11.7. The molecule has 0 aliphatic rings. The van der Waals surface area contributed by atoms with Gasteiger partial charge >= 0.3 is 5.97 Å². The van der Waals surface area contributed by atoms with Gasteiger partial charge in [-0.1, -0.05) is 0 Å². The number of carboxylic acid groups (broad SMARTS) is 1. The number of hydrogen-bond donors (Lipinski definition) is 2. The molecule has 0 aliphatic carbocycles. The summed E-state index contributed by atoms with van der Waals surface area (Å²) in [5.41, 5.74) is 0.736. The molecule has 2 rings (SSSR count). The van der Waals surface area contributed by atoms with Crippen LogP contribution in [0.4, 0.5) is 5.69 Å². The second-order valence-electron chi connectivity index (χ2n) is 3.46. The Labute approximate surface area is 102 Å². The molecule has 0 aliphatic heterocycles. The Morgan fingerprint density at radius 1 is 1.06 bits per heavy atom. The lowest BCUT2D eigenvalue weighted by Gasteiger charge is -2.04. The van der Waals surface area contributed by atoms with Gasteiger partial charge < -0.3 is 10.4 Å². The van der Waals surface area contributed by atoms with E-state index in [1.807, 2.05) is 0 Å². The molecule has 0 atom stereocenters. The zero-order chi connectivity index (χ0) is 13.0. The van der Waals surface area contributed by atoms with Gasteiger partial charge in [0.2, 0.25) is 0 Å². The van der Waals surface area contributed by atoms with Gasteiger partial charge in [-0.25, -0.2) is 4.79 Å². The van der Waals surface area contributed by atoms with Crippen LogP contribution < -0.4 is 5.32 Å². The number of anilines is 1. The van der Waals surface area contributed by atoms with Crippen LogP contribution in [0, 0.1) is 0 Å². The Balaban J connectivity index is 2.19. The summed E-state index contributed by atoms with van der Waals surface area (Å²) in [4.78, 5) is 30.1. The van der Waals surface area contributed by atoms with E-state index in [1.54, 1.807) is 24.5 Å². The van der Waals surface area contributed by atoms with Gasteiger partial charge in [0.25, 0.3) is 5.91 Å². The van der Waals surface area contributed by atoms with Crippen molar-refractivity contribution in [1.29, 1.82) is 0 Å². The average molecular weight is 243 g/mol. The van der Waals surface area contributed by atoms with Crippen LogP contribution in [-0.2, 0) is 0 Å². The van der Waals surface area contributed by atoms with Crippen LogP contribution in [0.1, 0.15) is 20.7 Å². The monoisotopic (exact) mass is 243 g/mol. The number of rotatable bonds is 3. The van der Waals surface area contributed by atoms with Crippen molar-refractivity contribution in [2.45, 2.75) is 0 Å². The van der Waals surface area contributed by atoms with Crippen molar-refractivity contribution in [3.8, 4) is 0 Å². The zero-order valence-electron chi connectivity index (χ0n) is 9.20. The maximum atomic E-state index is 11.8. The van der Waals surface area contributed by atoms with Crippen molar-refractivity contribution < 1.29 is 14.7 Å². The van der Waals surface area contributed by atoms with Crippen LogP contribution in [0.2, 0.25) is 0 Å². The number of hydrogen-bond acceptors (Lipinski definition) is 4. The fraction of sp³-hybridized carbons (Fsp3) is 0. The third kappa shape index (κ3) is 2.67. The lowest BCUT2D eigenvalue weighted by atomic mass is 10.2. The number of carboxylic acids is 1. The van der Waals surface area contributed by atoms with Crippen molar-refractivity contribution in [2.75, 3.05) is 5.32 Å². The van der Waals surface area contributed by atoms with E-state index in [-0.39, 0.29) is 11.1 Å². The summed E-state index contributed by atoms with van der Waals surface area (Å²) in [6.45, 7) is 0. The van der Waals surface area contributed by atoms with Crippen molar-refractivity contribution >= 4 is 17.6 Å². The van der Waals surface area contributed by atoms with Crippen molar-refractivity contribution in [3.63, 3.8) is 0 Å². The molecule has 0 unspecified atom stereocenters. The van der Waals surface area contributed by atoms with Crippen LogP contribution in [0.15, 0.2) is 43.0 Å². The molecule has 2 N–H and O–H groups in total. The predicted octanol–water partition coefficient (Wildman–Crippen LogP) is 1.43. The molecule has 2 aromatic heterocycles. The molecule has 0 saturated heterocycles. The number of carbonyl (C=O) groups excluding carboxylic acids is 1. The minimum absolute atomic E-state index is 0.0302. The van der Waals surface area contributed by atoms with E-state index >= 15 is 0 Å². The highest BCUT2D eigenvalue weighted by molar-refractivity contribution is 6.05. The lowest BCUT2D eigenvalue weighted by molar-refractivity contribution is 0.0696. The molecule has 6 heteroatoms.